The van der Waals surface area contributed by atoms with Gasteiger partial charge in [0.05, 0.1) is 18.5 Å². The van der Waals surface area contributed by atoms with Gasteiger partial charge in [-0.3, -0.25) is 19.3 Å². The lowest BCUT2D eigenvalue weighted by atomic mass is 9.95. The van der Waals surface area contributed by atoms with Crippen LogP contribution >= 0.6 is 0 Å². The first-order chi connectivity index (χ1) is 16.5. The molecular formula is C26H32N4O4. The predicted octanol–water partition coefficient (Wildman–Crippen LogP) is 3.52. The number of ether oxygens (including phenoxy) is 1. The van der Waals surface area contributed by atoms with Gasteiger partial charge in [-0.1, -0.05) is 6.07 Å². The van der Waals surface area contributed by atoms with Crippen molar-refractivity contribution < 1.29 is 19.1 Å². The van der Waals surface area contributed by atoms with E-state index in [4.69, 9.17) is 4.74 Å². The molecule has 8 heteroatoms. The first kappa shape index (κ1) is 23.6. The molecule has 2 aromatic rings. The number of fused-ring (bicyclic) bond motifs is 3. The fourth-order valence-electron chi connectivity index (χ4n) is 4.79. The Balaban J connectivity index is 1.65. The lowest BCUT2D eigenvalue weighted by Crippen LogP contribution is -2.56. The molecule has 0 unspecified atom stereocenters. The monoisotopic (exact) mass is 464 g/mol. The number of carbonyl (C=O) groups excluding carboxylic acids is 3. The van der Waals surface area contributed by atoms with E-state index in [-0.39, 0.29) is 30.3 Å². The normalized spacial score (nSPS) is 17.0. The molecule has 2 aliphatic rings. The number of hydrogen-bond acceptors (Lipinski definition) is 5. The second-order valence-corrected chi connectivity index (χ2v) is 8.59. The molecule has 3 amide bonds. The van der Waals surface area contributed by atoms with Crippen LogP contribution in [-0.4, -0.2) is 62.0 Å². The number of amides is 3. The van der Waals surface area contributed by atoms with Crippen molar-refractivity contribution in [3.63, 3.8) is 0 Å². The van der Waals surface area contributed by atoms with Gasteiger partial charge in [0.2, 0.25) is 11.8 Å². The Hall–Kier alpha value is -3.55. The lowest BCUT2D eigenvalue weighted by Gasteiger charge is -2.45. The van der Waals surface area contributed by atoms with E-state index in [1.807, 2.05) is 26.0 Å². The standard InChI is InChI=1S/C26H32N4O4/c1-4-28(5-2)25(32)18-12-13-21-23(15-18)30(26(33)22-11-6-7-14-29(21)22)17-24(31)27-19-9-8-10-20(16-19)34-3/h8-10,12-13,15-16,22H,4-7,11,14,17H2,1-3H3,(H,27,31)/t22-/m1/s1. The predicted molar refractivity (Wildman–Crippen MR) is 133 cm³/mol. The first-order valence-electron chi connectivity index (χ1n) is 11.9. The highest BCUT2D eigenvalue weighted by molar-refractivity contribution is 6.11. The quantitative estimate of drug-likeness (QED) is 0.678. The van der Waals surface area contributed by atoms with Crippen LogP contribution in [0, 0.1) is 0 Å². The Kier molecular flexibility index (Phi) is 7.05. The van der Waals surface area contributed by atoms with Crippen LogP contribution in [0.1, 0.15) is 43.5 Å². The molecule has 2 aromatic carbocycles. The minimum Gasteiger partial charge on any atom is -0.497 e. The summed E-state index contributed by atoms with van der Waals surface area (Å²) in [5.74, 6) is 0.147. The molecule has 0 aromatic heterocycles. The maximum atomic E-state index is 13.5. The number of piperidine rings is 1. The van der Waals surface area contributed by atoms with Crippen molar-refractivity contribution in [3.05, 3.63) is 48.0 Å². The highest BCUT2D eigenvalue weighted by atomic mass is 16.5. The smallest absolute Gasteiger partial charge is 0.253 e. The molecule has 180 valence electrons. The van der Waals surface area contributed by atoms with Gasteiger partial charge in [-0.25, -0.2) is 0 Å². The van der Waals surface area contributed by atoms with Gasteiger partial charge in [-0.05, 0) is 63.4 Å². The second-order valence-electron chi connectivity index (χ2n) is 8.59. The van der Waals surface area contributed by atoms with Crippen molar-refractivity contribution in [1.82, 2.24) is 4.90 Å². The molecule has 1 atom stereocenters. The van der Waals surface area contributed by atoms with E-state index in [9.17, 15) is 14.4 Å². The van der Waals surface area contributed by atoms with Crippen molar-refractivity contribution in [2.24, 2.45) is 0 Å². The Morgan fingerprint density at radius 2 is 1.88 bits per heavy atom. The molecule has 0 radical (unpaired) electrons. The highest BCUT2D eigenvalue weighted by Gasteiger charge is 2.40. The van der Waals surface area contributed by atoms with Crippen molar-refractivity contribution in [3.8, 4) is 5.75 Å². The van der Waals surface area contributed by atoms with Gasteiger partial charge in [0.15, 0.2) is 0 Å². The third kappa shape index (κ3) is 4.58. The van der Waals surface area contributed by atoms with Gasteiger partial charge in [0, 0.05) is 37.0 Å². The van der Waals surface area contributed by atoms with Gasteiger partial charge in [0.1, 0.15) is 18.3 Å². The first-order valence-corrected chi connectivity index (χ1v) is 11.9. The lowest BCUT2D eigenvalue weighted by molar-refractivity contribution is -0.123. The average molecular weight is 465 g/mol. The minimum absolute atomic E-state index is 0.0817. The van der Waals surface area contributed by atoms with Crippen molar-refractivity contribution in [2.75, 3.05) is 48.4 Å². The number of carbonyl (C=O) groups is 3. The SMILES string of the molecule is CCN(CC)C(=O)c1ccc2c(c1)N(CC(=O)Nc1cccc(OC)c1)C(=O)[C@H]1CCCCN21. The molecule has 0 bridgehead atoms. The largest absolute Gasteiger partial charge is 0.497 e. The minimum atomic E-state index is -0.308. The number of nitrogens with zero attached hydrogens (tertiary/aromatic N) is 3. The summed E-state index contributed by atoms with van der Waals surface area (Å²) >= 11 is 0. The second kappa shape index (κ2) is 10.2. The molecular weight excluding hydrogens is 432 g/mol. The molecule has 1 N–H and O–H groups in total. The zero-order chi connectivity index (χ0) is 24.2. The molecule has 34 heavy (non-hydrogen) atoms. The molecule has 2 heterocycles. The fraction of sp³-hybridized carbons (Fsp3) is 0.423. The number of benzene rings is 2. The highest BCUT2D eigenvalue weighted by Crippen LogP contribution is 2.40. The number of nitrogens with one attached hydrogen (secondary N) is 1. The zero-order valence-corrected chi connectivity index (χ0v) is 20.0. The van der Waals surface area contributed by atoms with E-state index in [1.165, 1.54) is 4.90 Å². The number of hydrogen-bond donors (Lipinski definition) is 1. The van der Waals surface area contributed by atoms with Crippen LogP contribution in [0.2, 0.25) is 0 Å². The summed E-state index contributed by atoms with van der Waals surface area (Å²) in [6.07, 6.45) is 2.75. The topological polar surface area (TPSA) is 82.2 Å². The van der Waals surface area contributed by atoms with Crippen LogP contribution in [0.5, 0.6) is 5.75 Å². The van der Waals surface area contributed by atoms with Gasteiger partial charge < -0.3 is 19.9 Å². The molecule has 0 saturated carbocycles. The van der Waals surface area contributed by atoms with Crippen LogP contribution in [0.3, 0.4) is 0 Å². The van der Waals surface area contributed by atoms with Crippen molar-refractivity contribution >= 4 is 34.8 Å². The molecule has 8 nitrogen and oxygen atoms in total. The Morgan fingerprint density at radius 3 is 2.62 bits per heavy atom. The molecule has 0 aliphatic carbocycles. The summed E-state index contributed by atoms with van der Waals surface area (Å²) in [7, 11) is 1.57. The number of anilines is 3. The summed E-state index contributed by atoms with van der Waals surface area (Å²) in [6, 6.07) is 12.3. The van der Waals surface area contributed by atoms with Gasteiger partial charge >= 0.3 is 0 Å². The summed E-state index contributed by atoms with van der Waals surface area (Å²) in [5.41, 5.74) is 2.62. The van der Waals surface area contributed by atoms with E-state index in [1.54, 1.807) is 42.3 Å². The van der Waals surface area contributed by atoms with Crippen molar-refractivity contribution in [1.29, 1.82) is 0 Å². The van der Waals surface area contributed by atoms with Crippen LogP contribution in [0.15, 0.2) is 42.5 Å². The molecule has 4 rings (SSSR count). The van der Waals surface area contributed by atoms with E-state index in [0.29, 0.717) is 35.8 Å². The zero-order valence-electron chi connectivity index (χ0n) is 20.0. The van der Waals surface area contributed by atoms with Gasteiger partial charge in [-0.15, -0.1) is 0 Å². The Labute approximate surface area is 200 Å². The maximum absolute atomic E-state index is 13.5. The fourth-order valence-corrected chi connectivity index (χ4v) is 4.79. The van der Waals surface area contributed by atoms with E-state index >= 15 is 0 Å². The Bertz CT molecular complexity index is 1080. The third-order valence-electron chi connectivity index (χ3n) is 6.58. The van der Waals surface area contributed by atoms with E-state index in [0.717, 1.165) is 31.5 Å². The summed E-state index contributed by atoms with van der Waals surface area (Å²) < 4.78 is 5.23. The molecule has 0 spiro atoms. The summed E-state index contributed by atoms with van der Waals surface area (Å²) in [6.45, 7) is 5.75. The van der Waals surface area contributed by atoms with Crippen LogP contribution in [0.25, 0.3) is 0 Å². The van der Waals surface area contributed by atoms with Crippen molar-refractivity contribution in [2.45, 2.75) is 39.2 Å². The van der Waals surface area contributed by atoms with Crippen LogP contribution < -0.4 is 19.9 Å². The van der Waals surface area contributed by atoms with E-state index < -0.39 is 0 Å². The molecule has 2 aliphatic heterocycles. The van der Waals surface area contributed by atoms with Crippen LogP contribution in [0.4, 0.5) is 17.1 Å². The maximum Gasteiger partial charge on any atom is 0.253 e. The average Bonchev–Trinajstić information content (AvgIpc) is 2.87. The third-order valence-corrected chi connectivity index (χ3v) is 6.58. The number of methoxy groups -OCH3 is 1. The van der Waals surface area contributed by atoms with Crippen LogP contribution in [-0.2, 0) is 9.59 Å². The number of rotatable bonds is 7. The molecule has 1 saturated heterocycles. The van der Waals surface area contributed by atoms with Gasteiger partial charge in [0.25, 0.3) is 5.91 Å². The summed E-state index contributed by atoms with van der Waals surface area (Å²) in [5, 5.41) is 2.86. The molecule has 1 fully saturated rings. The van der Waals surface area contributed by atoms with Gasteiger partial charge in [-0.2, -0.15) is 0 Å². The Morgan fingerprint density at radius 1 is 1.09 bits per heavy atom. The summed E-state index contributed by atoms with van der Waals surface area (Å²) in [4.78, 5) is 44.9. The van der Waals surface area contributed by atoms with E-state index in [2.05, 4.69) is 10.2 Å².